The van der Waals surface area contributed by atoms with Crippen molar-refractivity contribution in [3.63, 3.8) is 0 Å². The number of hydrogen-bond acceptors (Lipinski definition) is 3. The zero-order chi connectivity index (χ0) is 13.4. The van der Waals surface area contributed by atoms with Gasteiger partial charge in [0.2, 0.25) is 5.95 Å². The molecule has 0 aliphatic carbocycles. The van der Waals surface area contributed by atoms with Crippen molar-refractivity contribution in [3.05, 3.63) is 12.4 Å². The molecule has 18 heavy (non-hydrogen) atoms. The highest BCUT2D eigenvalue weighted by atomic mass is 16.5. The third-order valence-electron chi connectivity index (χ3n) is 3.29. The van der Waals surface area contributed by atoms with Crippen LogP contribution in [0.5, 0.6) is 0 Å². The van der Waals surface area contributed by atoms with Gasteiger partial charge < -0.3 is 14.6 Å². The minimum Gasteiger partial charge on any atom is -0.382 e. The molecular formula is C14H27N3O. The maximum atomic E-state index is 5.35. The number of anilines is 1. The van der Waals surface area contributed by atoms with E-state index < -0.39 is 0 Å². The summed E-state index contributed by atoms with van der Waals surface area (Å²) in [5.74, 6) is 0.966. The Morgan fingerprint density at radius 1 is 1.39 bits per heavy atom. The lowest BCUT2D eigenvalue weighted by atomic mass is 9.90. The van der Waals surface area contributed by atoms with Crippen LogP contribution >= 0.6 is 0 Å². The summed E-state index contributed by atoms with van der Waals surface area (Å²) >= 11 is 0. The molecule has 0 aliphatic rings. The molecule has 0 saturated heterocycles. The van der Waals surface area contributed by atoms with Crippen LogP contribution in [0, 0.1) is 5.41 Å². The number of hydrogen-bond donors (Lipinski definition) is 1. The second kappa shape index (κ2) is 7.41. The summed E-state index contributed by atoms with van der Waals surface area (Å²) in [5.41, 5.74) is 0.308. The van der Waals surface area contributed by atoms with E-state index in [1.165, 1.54) is 0 Å². The van der Waals surface area contributed by atoms with Gasteiger partial charge in [-0.15, -0.1) is 0 Å². The largest absolute Gasteiger partial charge is 0.382 e. The van der Waals surface area contributed by atoms with Gasteiger partial charge in [0.05, 0.1) is 0 Å². The Bertz CT molecular complexity index is 334. The summed E-state index contributed by atoms with van der Waals surface area (Å²) in [6.45, 7) is 12.3. The lowest BCUT2D eigenvalue weighted by Crippen LogP contribution is -2.23. The molecule has 0 bridgehead atoms. The van der Waals surface area contributed by atoms with Crippen molar-refractivity contribution in [3.8, 4) is 0 Å². The molecule has 0 saturated carbocycles. The number of ether oxygens (including phenoxy) is 1. The first-order valence-corrected chi connectivity index (χ1v) is 6.92. The fourth-order valence-electron chi connectivity index (χ4n) is 1.58. The van der Waals surface area contributed by atoms with E-state index in [2.05, 4.69) is 35.6 Å². The summed E-state index contributed by atoms with van der Waals surface area (Å²) in [7, 11) is 0. The Hall–Kier alpha value is -1.03. The molecule has 0 aliphatic heterocycles. The molecule has 104 valence electrons. The molecule has 1 aromatic heterocycles. The normalized spacial score (nSPS) is 11.8. The van der Waals surface area contributed by atoms with Crippen molar-refractivity contribution in [2.24, 2.45) is 5.41 Å². The SMILES string of the molecule is CCOCCCn1ccnc1NCC(C)(C)CC. The Kier molecular flexibility index (Phi) is 6.19. The quantitative estimate of drug-likeness (QED) is 0.687. The molecule has 0 atom stereocenters. The van der Waals surface area contributed by atoms with Gasteiger partial charge in [-0.2, -0.15) is 0 Å². The molecule has 0 unspecified atom stereocenters. The average molecular weight is 253 g/mol. The van der Waals surface area contributed by atoms with Gasteiger partial charge in [0.25, 0.3) is 0 Å². The van der Waals surface area contributed by atoms with Gasteiger partial charge in [-0.25, -0.2) is 4.98 Å². The first-order chi connectivity index (χ1) is 8.59. The fourth-order valence-corrected chi connectivity index (χ4v) is 1.58. The molecule has 1 rings (SSSR count). The summed E-state index contributed by atoms with van der Waals surface area (Å²) < 4.78 is 7.51. The molecule has 1 aromatic rings. The minimum absolute atomic E-state index is 0.308. The second-order valence-electron chi connectivity index (χ2n) is 5.37. The van der Waals surface area contributed by atoms with Gasteiger partial charge in [0.1, 0.15) is 0 Å². The van der Waals surface area contributed by atoms with Crippen LogP contribution < -0.4 is 5.32 Å². The van der Waals surface area contributed by atoms with Crippen LogP contribution in [-0.4, -0.2) is 29.3 Å². The number of aryl methyl sites for hydroxylation is 1. The molecule has 0 fully saturated rings. The lowest BCUT2D eigenvalue weighted by Gasteiger charge is -2.23. The molecule has 4 heteroatoms. The van der Waals surface area contributed by atoms with Crippen LogP contribution in [0.25, 0.3) is 0 Å². The zero-order valence-corrected chi connectivity index (χ0v) is 12.2. The van der Waals surface area contributed by atoms with E-state index in [1.807, 2.05) is 19.3 Å². The van der Waals surface area contributed by atoms with E-state index in [4.69, 9.17) is 4.74 Å². The van der Waals surface area contributed by atoms with Crippen LogP contribution in [-0.2, 0) is 11.3 Å². The smallest absolute Gasteiger partial charge is 0.202 e. The molecule has 0 spiro atoms. The van der Waals surface area contributed by atoms with Crippen LogP contribution in [0.1, 0.15) is 40.5 Å². The van der Waals surface area contributed by atoms with Crippen molar-refractivity contribution >= 4 is 5.95 Å². The van der Waals surface area contributed by atoms with E-state index in [0.29, 0.717) is 5.41 Å². The molecule has 1 N–H and O–H groups in total. The van der Waals surface area contributed by atoms with Crippen molar-refractivity contribution < 1.29 is 4.74 Å². The molecule has 1 heterocycles. The Morgan fingerprint density at radius 2 is 2.17 bits per heavy atom. The Labute approximate surface area is 111 Å². The third kappa shape index (κ3) is 5.08. The molecule has 4 nitrogen and oxygen atoms in total. The number of rotatable bonds is 9. The highest BCUT2D eigenvalue weighted by molar-refractivity contribution is 5.26. The molecular weight excluding hydrogens is 226 g/mol. The van der Waals surface area contributed by atoms with Crippen molar-refractivity contribution in [2.45, 2.75) is 47.1 Å². The fraction of sp³-hybridized carbons (Fsp3) is 0.786. The number of nitrogens with zero attached hydrogens (tertiary/aromatic N) is 2. The van der Waals surface area contributed by atoms with E-state index in [-0.39, 0.29) is 0 Å². The van der Waals surface area contributed by atoms with Gasteiger partial charge in [0.15, 0.2) is 0 Å². The van der Waals surface area contributed by atoms with Crippen LogP contribution in [0.2, 0.25) is 0 Å². The summed E-state index contributed by atoms with van der Waals surface area (Å²) in [5, 5.41) is 3.44. The summed E-state index contributed by atoms with van der Waals surface area (Å²) in [6.07, 6.45) is 6.05. The molecule has 0 radical (unpaired) electrons. The number of nitrogens with one attached hydrogen (secondary N) is 1. The highest BCUT2D eigenvalue weighted by Crippen LogP contribution is 2.20. The van der Waals surface area contributed by atoms with Gasteiger partial charge >= 0.3 is 0 Å². The minimum atomic E-state index is 0.308. The van der Waals surface area contributed by atoms with Crippen molar-refractivity contribution in [1.82, 2.24) is 9.55 Å². The third-order valence-corrected chi connectivity index (χ3v) is 3.29. The number of aromatic nitrogens is 2. The maximum Gasteiger partial charge on any atom is 0.202 e. The van der Waals surface area contributed by atoms with Gasteiger partial charge in [0, 0.05) is 38.7 Å². The van der Waals surface area contributed by atoms with Gasteiger partial charge in [-0.3, -0.25) is 0 Å². The van der Waals surface area contributed by atoms with Crippen LogP contribution in [0.15, 0.2) is 12.4 Å². The predicted molar refractivity (Wildman–Crippen MR) is 75.9 cm³/mol. The van der Waals surface area contributed by atoms with E-state index in [1.54, 1.807) is 0 Å². The lowest BCUT2D eigenvalue weighted by molar-refractivity contribution is 0.142. The van der Waals surface area contributed by atoms with Gasteiger partial charge in [-0.1, -0.05) is 20.8 Å². The monoisotopic (exact) mass is 253 g/mol. The number of imidazole rings is 1. The summed E-state index contributed by atoms with van der Waals surface area (Å²) in [4.78, 5) is 4.36. The average Bonchev–Trinajstić information content (AvgIpc) is 2.80. The van der Waals surface area contributed by atoms with E-state index >= 15 is 0 Å². The predicted octanol–water partition coefficient (Wildman–Crippen LogP) is 3.16. The summed E-state index contributed by atoms with van der Waals surface area (Å²) in [6, 6.07) is 0. The van der Waals surface area contributed by atoms with Crippen molar-refractivity contribution in [2.75, 3.05) is 25.1 Å². The second-order valence-corrected chi connectivity index (χ2v) is 5.37. The first kappa shape index (κ1) is 15.0. The topological polar surface area (TPSA) is 39.1 Å². The van der Waals surface area contributed by atoms with Crippen LogP contribution in [0.3, 0.4) is 0 Å². The van der Waals surface area contributed by atoms with Crippen LogP contribution in [0.4, 0.5) is 5.95 Å². The van der Waals surface area contributed by atoms with E-state index in [0.717, 1.165) is 45.1 Å². The van der Waals surface area contributed by atoms with E-state index in [9.17, 15) is 0 Å². The first-order valence-electron chi connectivity index (χ1n) is 6.92. The standard InChI is InChI=1S/C14H27N3O/c1-5-14(3,4)12-16-13-15-8-10-17(13)9-7-11-18-6-2/h8,10H,5-7,9,11-12H2,1-4H3,(H,15,16). The van der Waals surface area contributed by atoms with Gasteiger partial charge in [-0.05, 0) is 25.2 Å². The Balaban J connectivity index is 2.40. The zero-order valence-electron chi connectivity index (χ0n) is 12.2. The highest BCUT2D eigenvalue weighted by Gasteiger charge is 2.15. The van der Waals surface area contributed by atoms with Crippen molar-refractivity contribution in [1.29, 1.82) is 0 Å². The molecule has 0 amide bonds. The molecule has 0 aromatic carbocycles. The maximum absolute atomic E-state index is 5.35. The Morgan fingerprint density at radius 3 is 2.83 bits per heavy atom.